The molecule has 0 fully saturated rings. The molecular formula is C22H17Cl2N3O3S. The first-order valence-corrected chi connectivity index (χ1v) is 11.5. The highest BCUT2D eigenvalue weighted by Gasteiger charge is 2.24. The molecule has 0 atom stereocenters. The maximum Gasteiger partial charge on any atom is 0.251 e. The first-order chi connectivity index (χ1) is 14.7. The molecule has 6 nitrogen and oxygen atoms in total. The van der Waals surface area contributed by atoms with Gasteiger partial charge in [0.05, 0.1) is 27.4 Å². The fourth-order valence-corrected chi connectivity index (χ4v) is 5.21. The van der Waals surface area contributed by atoms with Crippen LogP contribution in [0, 0.1) is 6.92 Å². The predicted molar refractivity (Wildman–Crippen MR) is 120 cm³/mol. The minimum Gasteiger partial charge on any atom is -0.366 e. The molecule has 0 aliphatic carbocycles. The van der Waals surface area contributed by atoms with Gasteiger partial charge in [-0.1, -0.05) is 47.5 Å². The molecule has 0 saturated heterocycles. The fraction of sp³-hybridized carbons (Fsp3) is 0.0909. The highest BCUT2D eigenvalue weighted by atomic mass is 35.5. The minimum absolute atomic E-state index is 0.0380. The average Bonchev–Trinajstić information content (AvgIpc) is 3.05. The number of nitrogens with zero attached hydrogens (tertiary/aromatic N) is 2. The van der Waals surface area contributed by atoms with Crippen molar-refractivity contribution in [2.75, 3.05) is 0 Å². The molecule has 158 valence electrons. The van der Waals surface area contributed by atoms with Gasteiger partial charge < -0.3 is 10.3 Å². The summed E-state index contributed by atoms with van der Waals surface area (Å²) in [5.74, 6) is -0.179. The van der Waals surface area contributed by atoms with Crippen LogP contribution in [0.5, 0.6) is 0 Å². The maximum atomic E-state index is 13.2. The van der Waals surface area contributed by atoms with Crippen LogP contribution in [0.2, 0.25) is 10.0 Å². The molecule has 1 heterocycles. The Morgan fingerprint density at radius 1 is 1.03 bits per heavy atom. The Labute approximate surface area is 189 Å². The van der Waals surface area contributed by atoms with Crippen LogP contribution in [0.25, 0.3) is 11.0 Å². The lowest BCUT2D eigenvalue weighted by atomic mass is 10.1. The molecule has 2 N–H and O–H groups in total. The van der Waals surface area contributed by atoms with Crippen LogP contribution in [0.3, 0.4) is 0 Å². The van der Waals surface area contributed by atoms with Gasteiger partial charge in [0.1, 0.15) is 11.3 Å². The van der Waals surface area contributed by atoms with Crippen molar-refractivity contribution in [3.63, 3.8) is 0 Å². The van der Waals surface area contributed by atoms with Crippen molar-refractivity contribution in [1.82, 2.24) is 9.55 Å². The van der Waals surface area contributed by atoms with Crippen molar-refractivity contribution in [3.8, 4) is 0 Å². The number of amides is 1. The van der Waals surface area contributed by atoms with E-state index < -0.39 is 15.7 Å². The Morgan fingerprint density at radius 3 is 2.39 bits per heavy atom. The van der Waals surface area contributed by atoms with Gasteiger partial charge in [-0.15, -0.1) is 0 Å². The van der Waals surface area contributed by atoms with Crippen molar-refractivity contribution >= 4 is 50.0 Å². The molecule has 0 spiro atoms. The first kappa shape index (κ1) is 21.4. The largest absolute Gasteiger partial charge is 0.366 e. The summed E-state index contributed by atoms with van der Waals surface area (Å²) in [6.07, 6.45) is 0. The van der Waals surface area contributed by atoms with Gasteiger partial charge in [0, 0.05) is 10.0 Å². The number of hydrogen-bond acceptors (Lipinski definition) is 4. The van der Waals surface area contributed by atoms with Crippen molar-refractivity contribution in [2.24, 2.45) is 5.73 Å². The minimum atomic E-state index is -3.87. The molecule has 0 aliphatic rings. The van der Waals surface area contributed by atoms with Crippen molar-refractivity contribution in [3.05, 3.63) is 87.7 Å². The molecule has 9 heteroatoms. The van der Waals surface area contributed by atoms with Crippen LogP contribution in [-0.4, -0.2) is 23.9 Å². The lowest BCUT2D eigenvalue weighted by molar-refractivity contribution is 0.100. The number of carbonyl (C=O) groups is 1. The molecule has 0 bridgehead atoms. The molecule has 0 saturated carbocycles. The molecule has 4 aromatic rings. The van der Waals surface area contributed by atoms with Crippen LogP contribution in [0.15, 0.2) is 70.5 Å². The summed E-state index contributed by atoms with van der Waals surface area (Å²) >= 11 is 12.3. The number of carbonyl (C=O) groups excluding carboxylic acids is 1. The molecule has 31 heavy (non-hydrogen) atoms. The van der Waals surface area contributed by atoms with Gasteiger partial charge in [0.15, 0.2) is 0 Å². The molecule has 4 rings (SSSR count). The first-order valence-electron chi connectivity index (χ1n) is 9.23. The number of hydrogen-bond donors (Lipinski definition) is 1. The van der Waals surface area contributed by atoms with E-state index >= 15 is 0 Å². The highest BCUT2D eigenvalue weighted by Crippen LogP contribution is 2.30. The topological polar surface area (TPSA) is 95.1 Å². The number of halogens is 2. The van der Waals surface area contributed by atoms with Gasteiger partial charge >= 0.3 is 0 Å². The zero-order valence-electron chi connectivity index (χ0n) is 16.3. The second-order valence-electron chi connectivity index (χ2n) is 7.00. The summed E-state index contributed by atoms with van der Waals surface area (Å²) in [4.78, 5) is 16.7. The van der Waals surface area contributed by atoms with E-state index in [0.29, 0.717) is 33.4 Å². The number of fused-ring (bicyclic) bond motifs is 1. The van der Waals surface area contributed by atoms with Crippen molar-refractivity contribution in [1.29, 1.82) is 0 Å². The quantitative estimate of drug-likeness (QED) is 0.456. The number of sulfone groups is 1. The third kappa shape index (κ3) is 3.92. The smallest absolute Gasteiger partial charge is 0.251 e. The molecule has 3 aromatic carbocycles. The summed E-state index contributed by atoms with van der Waals surface area (Å²) < 4.78 is 28.2. The molecule has 1 amide bonds. The molecule has 0 unspecified atom stereocenters. The lowest BCUT2D eigenvalue weighted by Crippen LogP contribution is -2.13. The Hall–Kier alpha value is -2.87. The molecule has 1 aromatic heterocycles. The van der Waals surface area contributed by atoms with Crippen molar-refractivity contribution < 1.29 is 13.2 Å². The number of rotatable bonds is 5. The predicted octanol–water partition coefficient (Wildman–Crippen LogP) is 4.63. The molecular weight excluding hydrogens is 457 g/mol. The van der Waals surface area contributed by atoms with Gasteiger partial charge in [-0.25, -0.2) is 13.4 Å². The van der Waals surface area contributed by atoms with E-state index in [4.69, 9.17) is 28.9 Å². The molecule has 0 aliphatic heterocycles. The van der Waals surface area contributed by atoms with E-state index in [1.165, 1.54) is 24.3 Å². The monoisotopic (exact) mass is 473 g/mol. The summed E-state index contributed by atoms with van der Waals surface area (Å²) in [7, 11) is -3.87. The van der Waals surface area contributed by atoms with Crippen LogP contribution >= 0.6 is 23.2 Å². The van der Waals surface area contributed by atoms with E-state index in [1.807, 2.05) is 0 Å². The van der Waals surface area contributed by atoms with E-state index in [-0.39, 0.29) is 15.4 Å². The number of benzene rings is 3. The number of nitrogens with two attached hydrogens (primary N) is 1. The normalized spacial score (nSPS) is 11.7. The second kappa shape index (κ2) is 8.00. The SMILES string of the molecule is Cc1nc2c(C(N)=O)cc(S(=O)(=O)c3ccccc3)cc2n1Cc1ccc(Cl)cc1Cl. The summed E-state index contributed by atoms with van der Waals surface area (Å²) in [5, 5.41) is 0.977. The van der Waals surface area contributed by atoms with E-state index in [9.17, 15) is 13.2 Å². The zero-order chi connectivity index (χ0) is 22.3. The number of aromatic nitrogens is 2. The number of primary amides is 1. The lowest BCUT2D eigenvalue weighted by Gasteiger charge is -2.11. The fourth-order valence-electron chi connectivity index (χ4n) is 3.41. The Balaban J connectivity index is 1.95. The Kier molecular flexibility index (Phi) is 5.51. The number of aryl methyl sites for hydroxylation is 1. The third-order valence-corrected chi connectivity index (χ3v) is 7.33. The second-order valence-corrected chi connectivity index (χ2v) is 9.79. The van der Waals surface area contributed by atoms with E-state index in [1.54, 1.807) is 47.9 Å². The maximum absolute atomic E-state index is 13.2. The van der Waals surface area contributed by atoms with Gasteiger partial charge in [-0.05, 0) is 48.9 Å². The van der Waals surface area contributed by atoms with Gasteiger partial charge in [0.25, 0.3) is 5.91 Å². The van der Waals surface area contributed by atoms with E-state index in [2.05, 4.69) is 4.98 Å². The van der Waals surface area contributed by atoms with Crippen LogP contribution in [0.4, 0.5) is 0 Å². The summed E-state index contributed by atoms with van der Waals surface area (Å²) in [6, 6.07) is 15.9. The van der Waals surface area contributed by atoms with Crippen molar-refractivity contribution in [2.45, 2.75) is 23.3 Å². The average molecular weight is 474 g/mol. The van der Waals surface area contributed by atoms with Crippen LogP contribution in [-0.2, 0) is 16.4 Å². The molecule has 0 radical (unpaired) electrons. The number of imidazole rings is 1. The van der Waals surface area contributed by atoms with Gasteiger partial charge in [-0.3, -0.25) is 4.79 Å². The third-order valence-electron chi connectivity index (χ3n) is 4.99. The summed E-state index contributed by atoms with van der Waals surface area (Å²) in [6.45, 7) is 2.07. The Morgan fingerprint density at radius 2 is 1.74 bits per heavy atom. The standard InChI is InChI=1S/C22H17Cl2N3O3S/c1-13-26-21-18(22(25)28)10-17(31(29,30)16-5-3-2-4-6-16)11-20(21)27(13)12-14-7-8-15(23)9-19(14)24/h2-11H,12H2,1H3,(H2,25,28). The van der Waals surface area contributed by atoms with Crippen LogP contribution < -0.4 is 5.73 Å². The van der Waals surface area contributed by atoms with E-state index in [0.717, 1.165) is 5.56 Å². The summed E-state index contributed by atoms with van der Waals surface area (Å²) in [5.41, 5.74) is 7.17. The Bertz CT molecular complexity index is 1430. The van der Waals surface area contributed by atoms with Gasteiger partial charge in [-0.2, -0.15) is 0 Å². The van der Waals surface area contributed by atoms with Crippen LogP contribution in [0.1, 0.15) is 21.7 Å². The highest BCUT2D eigenvalue weighted by molar-refractivity contribution is 7.91. The zero-order valence-corrected chi connectivity index (χ0v) is 18.7. The van der Waals surface area contributed by atoms with Gasteiger partial charge in [0.2, 0.25) is 9.84 Å².